The lowest BCUT2D eigenvalue weighted by atomic mass is 9.80. The molecule has 0 heterocycles. The third-order valence-electron chi connectivity index (χ3n) is 7.29. The Morgan fingerprint density at radius 2 is 1.48 bits per heavy atom. The first-order valence-corrected chi connectivity index (χ1v) is 13.6. The second kappa shape index (κ2) is 14.2. The van der Waals surface area contributed by atoms with E-state index < -0.39 is 0 Å². The van der Waals surface area contributed by atoms with E-state index in [0.29, 0.717) is 11.5 Å². The third kappa shape index (κ3) is 8.66. The molecule has 1 saturated carbocycles. The van der Waals surface area contributed by atoms with Crippen LogP contribution in [0.3, 0.4) is 0 Å². The zero-order valence-corrected chi connectivity index (χ0v) is 21.0. The molecule has 1 heteroatoms. The van der Waals surface area contributed by atoms with Gasteiger partial charge >= 0.3 is 0 Å². The zero-order valence-electron chi connectivity index (χ0n) is 21.0. The van der Waals surface area contributed by atoms with E-state index in [9.17, 15) is 4.39 Å². The second-order valence-corrected chi connectivity index (χ2v) is 10.0. The summed E-state index contributed by atoms with van der Waals surface area (Å²) in [5, 5.41) is 0. The third-order valence-corrected chi connectivity index (χ3v) is 7.29. The summed E-state index contributed by atoms with van der Waals surface area (Å²) in [5.41, 5.74) is 3.73. The first kappa shape index (κ1) is 25.6. The van der Waals surface area contributed by atoms with Gasteiger partial charge in [-0.05, 0) is 67.7 Å². The lowest BCUT2D eigenvalue weighted by Crippen LogP contribution is -2.13. The largest absolute Gasteiger partial charge is 0.206 e. The minimum Gasteiger partial charge on any atom is -0.206 e. The maximum Gasteiger partial charge on any atom is 0.132 e. The van der Waals surface area contributed by atoms with Crippen LogP contribution in [0.25, 0.3) is 11.1 Å². The maximum atomic E-state index is 14.8. The van der Waals surface area contributed by atoms with Gasteiger partial charge in [-0.1, -0.05) is 107 Å². The summed E-state index contributed by atoms with van der Waals surface area (Å²) >= 11 is 0. The molecule has 0 saturated heterocycles. The fraction of sp³-hybridized carbons (Fsp3) is 0.562. The first-order chi connectivity index (χ1) is 16.2. The van der Waals surface area contributed by atoms with Crippen molar-refractivity contribution in [1.29, 1.82) is 0 Å². The Kier molecular flexibility index (Phi) is 11.0. The topological polar surface area (TPSA) is 0 Å². The Labute approximate surface area is 202 Å². The van der Waals surface area contributed by atoms with Crippen LogP contribution >= 0.6 is 0 Å². The smallest absolute Gasteiger partial charge is 0.132 e. The van der Waals surface area contributed by atoms with Crippen molar-refractivity contribution in [3.8, 4) is 23.0 Å². The quantitative estimate of drug-likeness (QED) is 0.238. The normalized spacial score (nSPS) is 18.0. The second-order valence-electron chi connectivity index (χ2n) is 10.0. The van der Waals surface area contributed by atoms with Gasteiger partial charge in [0.15, 0.2) is 0 Å². The average Bonchev–Trinajstić information content (AvgIpc) is 2.85. The van der Waals surface area contributed by atoms with E-state index in [2.05, 4.69) is 37.8 Å². The highest BCUT2D eigenvalue weighted by Gasteiger charge is 2.19. The van der Waals surface area contributed by atoms with Crippen molar-refractivity contribution in [2.75, 3.05) is 0 Å². The Bertz CT molecular complexity index is 875. The van der Waals surface area contributed by atoms with Gasteiger partial charge in [0.25, 0.3) is 0 Å². The molecule has 2 aromatic carbocycles. The Hall–Kier alpha value is -2.07. The standard InChI is InChI=1S/C32H43F/c1-3-5-7-8-9-10-12-27-13-15-28(16-14-27)17-18-29-21-24-31(32(33)25-29)30-22-19-26(20-23-30)11-6-4-2/h19-25,27-28H,3-16H2,1-2H3. The van der Waals surface area contributed by atoms with Gasteiger partial charge in [-0.2, -0.15) is 0 Å². The fourth-order valence-electron chi connectivity index (χ4n) is 5.05. The van der Waals surface area contributed by atoms with Gasteiger partial charge in [0.1, 0.15) is 5.82 Å². The maximum absolute atomic E-state index is 14.8. The highest BCUT2D eigenvalue weighted by Crippen LogP contribution is 2.32. The molecule has 0 nitrogen and oxygen atoms in total. The molecule has 0 bridgehead atoms. The van der Waals surface area contributed by atoms with Gasteiger partial charge in [0, 0.05) is 17.0 Å². The number of hydrogen-bond donors (Lipinski definition) is 0. The van der Waals surface area contributed by atoms with E-state index in [0.717, 1.165) is 23.5 Å². The Morgan fingerprint density at radius 3 is 2.18 bits per heavy atom. The van der Waals surface area contributed by atoms with Crippen molar-refractivity contribution in [2.45, 2.75) is 104 Å². The molecule has 3 rings (SSSR count). The molecule has 1 fully saturated rings. The molecule has 0 unspecified atom stereocenters. The number of unbranched alkanes of at least 4 members (excludes halogenated alkanes) is 6. The molecule has 0 atom stereocenters. The van der Waals surface area contributed by atoms with Gasteiger partial charge in [-0.3, -0.25) is 0 Å². The summed E-state index contributed by atoms with van der Waals surface area (Å²) in [6.45, 7) is 4.48. The lowest BCUT2D eigenvalue weighted by molar-refractivity contribution is 0.293. The van der Waals surface area contributed by atoms with E-state index in [1.165, 1.54) is 89.0 Å². The van der Waals surface area contributed by atoms with E-state index in [-0.39, 0.29) is 5.82 Å². The Morgan fingerprint density at radius 1 is 0.788 bits per heavy atom. The molecule has 0 spiro atoms. The summed E-state index contributed by atoms with van der Waals surface area (Å²) in [7, 11) is 0. The molecule has 0 radical (unpaired) electrons. The van der Waals surface area contributed by atoms with Gasteiger partial charge in [-0.25, -0.2) is 4.39 Å². The van der Waals surface area contributed by atoms with Crippen molar-refractivity contribution in [3.05, 3.63) is 59.4 Å². The summed E-state index contributed by atoms with van der Waals surface area (Å²) in [6, 6.07) is 13.8. The zero-order chi connectivity index (χ0) is 23.3. The van der Waals surface area contributed by atoms with Crippen molar-refractivity contribution >= 4 is 0 Å². The molecule has 0 aromatic heterocycles. The average molecular weight is 447 g/mol. The van der Waals surface area contributed by atoms with Crippen LogP contribution in [0.5, 0.6) is 0 Å². The van der Waals surface area contributed by atoms with Crippen LogP contribution < -0.4 is 0 Å². The van der Waals surface area contributed by atoms with Crippen LogP contribution in [0.2, 0.25) is 0 Å². The molecule has 178 valence electrons. The number of halogens is 1. The molecule has 0 amide bonds. The summed E-state index contributed by atoms with van der Waals surface area (Å²) < 4.78 is 14.8. The SMILES string of the molecule is CCCCCCCCC1CCC(C#Cc2ccc(-c3ccc(CCCC)cc3)c(F)c2)CC1. The van der Waals surface area contributed by atoms with Crippen molar-refractivity contribution in [3.63, 3.8) is 0 Å². The number of rotatable bonds is 11. The first-order valence-electron chi connectivity index (χ1n) is 13.6. The van der Waals surface area contributed by atoms with Gasteiger partial charge in [-0.15, -0.1) is 0 Å². The van der Waals surface area contributed by atoms with E-state index in [1.54, 1.807) is 6.07 Å². The van der Waals surface area contributed by atoms with Crippen LogP contribution in [0.1, 0.15) is 108 Å². The van der Waals surface area contributed by atoms with Gasteiger partial charge in [0.05, 0.1) is 0 Å². The molecular formula is C32H43F. The molecule has 2 aromatic rings. The number of aryl methyl sites for hydroxylation is 1. The molecular weight excluding hydrogens is 403 g/mol. The Balaban J connectivity index is 1.46. The van der Waals surface area contributed by atoms with Crippen LogP contribution in [0.15, 0.2) is 42.5 Å². The predicted molar refractivity (Wildman–Crippen MR) is 141 cm³/mol. The highest BCUT2D eigenvalue weighted by molar-refractivity contribution is 5.65. The summed E-state index contributed by atoms with van der Waals surface area (Å²) in [6.07, 6.45) is 18.3. The van der Waals surface area contributed by atoms with E-state index in [4.69, 9.17) is 0 Å². The minimum absolute atomic E-state index is 0.175. The molecule has 0 aliphatic heterocycles. The lowest BCUT2D eigenvalue weighted by Gasteiger charge is -2.25. The highest BCUT2D eigenvalue weighted by atomic mass is 19.1. The summed E-state index contributed by atoms with van der Waals surface area (Å²) in [5.74, 6) is 7.91. The van der Waals surface area contributed by atoms with Crippen LogP contribution in [0, 0.1) is 29.5 Å². The number of benzene rings is 2. The van der Waals surface area contributed by atoms with Crippen molar-refractivity contribution in [2.24, 2.45) is 11.8 Å². The summed E-state index contributed by atoms with van der Waals surface area (Å²) in [4.78, 5) is 0. The van der Waals surface area contributed by atoms with Crippen molar-refractivity contribution < 1.29 is 4.39 Å². The van der Waals surface area contributed by atoms with Gasteiger partial charge < -0.3 is 0 Å². The van der Waals surface area contributed by atoms with Crippen LogP contribution in [0.4, 0.5) is 4.39 Å². The predicted octanol–water partition coefficient (Wildman–Crippen LogP) is 9.74. The monoisotopic (exact) mass is 446 g/mol. The van der Waals surface area contributed by atoms with Crippen molar-refractivity contribution in [1.82, 2.24) is 0 Å². The van der Waals surface area contributed by atoms with Crippen LogP contribution in [-0.4, -0.2) is 0 Å². The molecule has 1 aliphatic rings. The molecule has 1 aliphatic carbocycles. The van der Waals surface area contributed by atoms with E-state index >= 15 is 0 Å². The van der Waals surface area contributed by atoms with Crippen LogP contribution in [-0.2, 0) is 6.42 Å². The molecule has 33 heavy (non-hydrogen) atoms. The molecule has 0 N–H and O–H groups in total. The fourth-order valence-corrected chi connectivity index (χ4v) is 5.05. The minimum atomic E-state index is -0.175. The van der Waals surface area contributed by atoms with Gasteiger partial charge in [0.2, 0.25) is 0 Å². The number of hydrogen-bond acceptors (Lipinski definition) is 0. The van der Waals surface area contributed by atoms with E-state index in [1.807, 2.05) is 24.3 Å².